The molecule has 0 aliphatic heterocycles. The van der Waals surface area contributed by atoms with Crippen molar-refractivity contribution in [2.24, 2.45) is 16.9 Å². The zero-order chi connectivity index (χ0) is 8.74. The van der Waals surface area contributed by atoms with Crippen molar-refractivity contribution in [3.05, 3.63) is 0 Å². The van der Waals surface area contributed by atoms with Crippen molar-refractivity contribution in [1.29, 1.82) is 0 Å². The molecule has 0 bridgehead atoms. The summed E-state index contributed by atoms with van der Waals surface area (Å²) in [6, 6.07) is 0. The minimum atomic E-state index is 0.225. The van der Waals surface area contributed by atoms with Gasteiger partial charge in [0.05, 0.1) is 0 Å². The number of nitrogens with two attached hydrogens (primary N) is 2. The van der Waals surface area contributed by atoms with Gasteiger partial charge in [-0.25, -0.2) is 0 Å². The highest BCUT2D eigenvalue weighted by Gasteiger charge is 2.24. The Morgan fingerprint density at radius 2 is 1.27 bits per heavy atom. The average molecular weight is 382 g/mol. The molecular weight excluding hydrogens is 366 g/mol. The monoisotopic (exact) mass is 382 g/mol. The van der Waals surface area contributed by atoms with Crippen LogP contribution in [-0.4, -0.2) is 21.9 Å². The first-order valence-electron chi connectivity index (χ1n) is 3.77. The zero-order valence-corrected chi connectivity index (χ0v) is 11.0. The summed E-state index contributed by atoms with van der Waals surface area (Å²) < 4.78 is 2.31. The minimum Gasteiger partial charge on any atom is -0.330 e. The summed E-state index contributed by atoms with van der Waals surface area (Å²) in [5.74, 6) is 0. The van der Waals surface area contributed by atoms with E-state index in [9.17, 15) is 0 Å². The van der Waals surface area contributed by atoms with Crippen molar-refractivity contribution in [2.75, 3.05) is 21.9 Å². The van der Waals surface area contributed by atoms with Crippen molar-refractivity contribution in [2.45, 2.75) is 12.8 Å². The summed E-state index contributed by atoms with van der Waals surface area (Å²) in [4.78, 5) is 0. The Bertz CT molecular complexity index is 86.4. The van der Waals surface area contributed by atoms with Gasteiger partial charge in [0, 0.05) is 8.86 Å². The molecule has 0 saturated heterocycles. The fraction of sp³-hybridized carbons (Fsp3) is 1.00. The standard InChI is InChI=1S/C7H16I2N2/c8-3-1-7(5-10,6-11)2-4-9/h1-6,10-11H2. The third kappa shape index (κ3) is 4.23. The van der Waals surface area contributed by atoms with Crippen molar-refractivity contribution in [3.8, 4) is 0 Å². The maximum atomic E-state index is 5.70. The van der Waals surface area contributed by atoms with Crippen LogP contribution in [0.2, 0.25) is 0 Å². The van der Waals surface area contributed by atoms with E-state index in [0.717, 1.165) is 34.8 Å². The van der Waals surface area contributed by atoms with Gasteiger partial charge in [-0.1, -0.05) is 45.2 Å². The molecule has 0 radical (unpaired) electrons. The molecule has 0 aromatic rings. The van der Waals surface area contributed by atoms with Crippen LogP contribution in [0.5, 0.6) is 0 Å². The average Bonchev–Trinajstić information content (AvgIpc) is 2.04. The Morgan fingerprint density at radius 1 is 0.909 bits per heavy atom. The number of alkyl halides is 2. The highest BCUT2D eigenvalue weighted by Crippen LogP contribution is 2.25. The fourth-order valence-electron chi connectivity index (χ4n) is 1.02. The molecule has 68 valence electrons. The highest BCUT2D eigenvalue weighted by molar-refractivity contribution is 14.1. The van der Waals surface area contributed by atoms with Crippen LogP contribution in [0.1, 0.15) is 12.8 Å². The quantitative estimate of drug-likeness (QED) is 0.541. The Kier molecular flexibility index (Phi) is 7.71. The maximum absolute atomic E-state index is 5.70. The summed E-state index contributed by atoms with van der Waals surface area (Å²) in [7, 11) is 0. The third-order valence-electron chi connectivity index (χ3n) is 2.12. The van der Waals surface area contributed by atoms with E-state index < -0.39 is 0 Å². The Morgan fingerprint density at radius 3 is 1.45 bits per heavy atom. The number of hydrogen-bond acceptors (Lipinski definition) is 2. The lowest BCUT2D eigenvalue weighted by atomic mass is 9.83. The molecule has 0 aliphatic rings. The van der Waals surface area contributed by atoms with Gasteiger partial charge in [-0.3, -0.25) is 0 Å². The summed E-state index contributed by atoms with van der Waals surface area (Å²) in [5.41, 5.74) is 11.6. The molecule has 0 saturated carbocycles. The van der Waals surface area contributed by atoms with Crippen LogP contribution < -0.4 is 11.5 Å². The minimum absolute atomic E-state index is 0.225. The lowest BCUT2D eigenvalue weighted by Crippen LogP contribution is -2.38. The molecule has 0 aromatic heterocycles. The topological polar surface area (TPSA) is 52.0 Å². The van der Waals surface area contributed by atoms with E-state index in [1.165, 1.54) is 0 Å². The predicted octanol–water partition coefficient (Wildman–Crippen LogP) is 1.54. The smallest absolute Gasteiger partial charge is 0.000151 e. The van der Waals surface area contributed by atoms with Gasteiger partial charge in [-0.05, 0) is 31.3 Å². The Hall–Kier alpha value is 1.38. The van der Waals surface area contributed by atoms with Crippen molar-refractivity contribution in [3.63, 3.8) is 0 Å². The van der Waals surface area contributed by atoms with E-state index in [1.54, 1.807) is 0 Å². The van der Waals surface area contributed by atoms with E-state index in [-0.39, 0.29) is 5.41 Å². The molecule has 0 fully saturated rings. The van der Waals surface area contributed by atoms with Gasteiger partial charge in [0.25, 0.3) is 0 Å². The number of hydrogen-bond donors (Lipinski definition) is 2. The molecule has 2 nitrogen and oxygen atoms in total. The van der Waals surface area contributed by atoms with E-state index in [0.29, 0.717) is 0 Å². The van der Waals surface area contributed by atoms with Gasteiger partial charge in [-0.15, -0.1) is 0 Å². The Balaban J connectivity index is 3.96. The van der Waals surface area contributed by atoms with Crippen LogP contribution >= 0.6 is 45.2 Å². The van der Waals surface area contributed by atoms with Gasteiger partial charge in [0.15, 0.2) is 0 Å². The molecule has 0 unspecified atom stereocenters. The SMILES string of the molecule is NCC(CN)(CCI)CCI. The second-order valence-electron chi connectivity index (χ2n) is 2.79. The van der Waals surface area contributed by atoms with Gasteiger partial charge in [-0.2, -0.15) is 0 Å². The fourth-order valence-corrected chi connectivity index (χ4v) is 3.31. The van der Waals surface area contributed by atoms with Gasteiger partial charge < -0.3 is 11.5 Å². The van der Waals surface area contributed by atoms with E-state index in [2.05, 4.69) is 45.2 Å². The number of rotatable bonds is 6. The van der Waals surface area contributed by atoms with Gasteiger partial charge in [0.1, 0.15) is 0 Å². The first-order valence-corrected chi connectivity index (χ1v) is 6.82. The third-order valence-corrected chi connectivity index (χ3v) is 3.19. The molecule has 0 amide bonds. The molecular formula is C7H16I2N2. The van der Waals surface area contributed by atoms with Crippen LogP contribution in [0, 0.1) is 5.41 Å². The summed E-state index contributed by atoms with van der Waals surface area (Å²) in [6.45, 7) is 1.46. The van der Waals surface area contributed by atoms with Gasteiger partial charge >= 0.3 is 0 Å². The van der Waals surface area contributed by atoms with Crippen LogP contribution in [0.15, 0.2) is 0 Å². The highest BCUT2D eigenvalue weighted by atomic mass is 127. The van der Waals surface area contributed by atoms with E-state index in [1.807, 2.05) is 0 Å². The normalized spacial score (nSPS) is 12.0. The van der Waals surface area contributed by atoms with Crippen LogP contribution in [-0.2, 0) is 0 Å². The molecule has 0 heterocycles. The second kappa shape index (κ2) is 6.85. The molecule has 0 atom stereocenters. The molecule has 0 spiro atoms. The molecule has 0 aliphatic carbocycles. The molecule has 0 rings (SSSR count). The Labute approximate surface area is 96.1 Å². The molecule has 4 heteroatoms. The van der Waals surface area contributed by atoms with Crippen LogP contribution in [0.3, 0.4) is 0 Å². The van der Waals surface area contributed by atoms with Crippen LogP contribution in [0.4, 0.5) is 0 Å². The van der Waals surface area contributed by atoms with Crippen molar-refractivity contribution < 1.29 is 0 Å². The van der Waals surface area contributed by atoms with E-state index in [4.69, 9.17) is 11.5 Å². The summed E-state index contributed by atoms with van der Waals surface area (Å²) in [6.07, 6.45) is 2.31. The lowest BCUT2D eigenvalue weighted by molar-refractivity contribution is 0.294. The summed E-state index contributed by atoms with van der Waals surface area (Å²) in [5, 5.41) is 0. The first kappa shape index (κ1) is 12.4. The van der Waals surface area contributed by atoms with Gasteiger partial charge in [0.2, 0.25) is 0 Å². The lowest BCUT2D eigenvalue weighted by Gasteiger charge is -2.29. The summed E-state index contributed by atoms with van der Waals surface area (Å²) >= 11 is 4.77. The van der Waals surface area contributed by atoms with Crippen LogP contribution in [0.25, 0.3) is 0 Å². The molecule has 4 N–H and O–H groups in total. The second-order valence-corrected chi connectivity index (χ2v) is 4.94. The van der Waals surface area contributed by atoms with E-state index >= 15 is 0 Å². The largest absolute Gasteiger partial charge is 0.330 e. The zero-order valence-electron chi connectivity index (χ0n) is 6.65. The maximum Gasteiger partial charge on any atom is 0.000151 e. The van der Waals surface area contributed by atoms with Crippen molar-refractivity contribution in [1.82, 2.24) is 0 Å². The number of halogens is 2. The molecule has 11 heavy (non-hydrogen) atoms. The predicted molar refractivity (Wildman–Crippen MR) is 67.5 cm³/mol. The first-order chi connectivity index (χ1) is 5.24. The molecule has 0 aromatic carbocycles. The van der Waals surface area contributed by atoms with Crippen molar-refractivity contribution >= 4 is 45.2 Å².